The summed E-state index contributed by atoms with van der Waals surface area (Å²) in [6, 6.07) is 0. The number of carbonyl (C=O) groups is 1. The molecule has 0 radical (unpaired) electrons. The van der Waals surface area contributed by atoms with Crippen LogP contribution < -0.4 is 16.6 Å². The highest BCUT2D eigenvalue weighted by atomic mass is 16.3. The molecule has 0 aliphatic heterocycles. The fourth-order valence-electron chi connectivity index (χ4n) is 1.38. The van der Waals surface area contributed by atoms with Gasteiger partial charge in [-0.2, -0.15) is 0 Å². The number of amides is 1. The first-order valence-electron chi connectivity index (χ1n) is 5.69. The van der Waals surface area contributed by atoms with E-state index in [4.69, 9.17) is 5.11 Å². The summed E-state index contributed by atoms with van der Waals surface area (Å²) in [5.41, 5.74) is -1.32. The third-order valence-electron chi connectivity index (χ3n) is 2.43. The molecular weight excluding hydrogens is 250 g/mol. The topological polar surface area (TPSA) is 115 Å². The number of H-pyrrole nitrogens is 2. The number of aryl methyl sites for hydroxylation is 1. The summed E-state index contributed by atoms with van der Waals surface area (Å²) in [6.07, 6.45) is 2.49. The molecule has 0 unspecified atom stereocenters. The quantitative estimate of drug-likeness (QED) is 0.538. The van der Waals surface area contributed by atoms with Crippen LogP contribution in [0.3, 0.4) is 0 Å². The zero-order valence-corrected chi connectivity index (χ0v) is 11.0. The molecule has 0 saturated carbocycles. The van der Waals surface area contributed by atoms with Gasteiger partial charge in [-0.1, -0.05) is 0 Å². The highest BCUT2D eigenvalue weighted by Gasteiger charge is 2.17. The Balaban J connectivity index is 2.92. The van der Waals surface area contributed by atoms with Gasteiger partial charge in [-0.3, -0.25) is 14.6 Å². The van der Waals surface area contributed by atoms with Crippen molar-refractivity contribution in [3.8, 4) is 0 Å². The number of aromatic nitrogens is 2. The van der Waals surface area contributed by atoms with E-state index in [9.17, 15) is 14.4 Å². The van der Waals surface area contributed by atoms with Crippen molar-refractivity contribution in [3.63, 3.8) is 0 Å². The predicted molar refractivity (Wildman–Crippen MR) is 70.8 cm³/mol. The van der Waals surface area contributed by atoms with E-state index in [2.05, 4.69) is 15.3 Å². The minimum Gasteiger partial charge on any atom is -0.394 e. The number of aromatic amines is 2. The van der Waals surface area contributed by atoms with Crippen LogP contribution in [0.5, 0.6) is 0 Å². The fraction of sp³-hybridized carbons (Fsp3) is 0.417. The van der Waals surface area contributed by atoms with Gasteiger partial charge in [0.15, 0.2) is 0 Å². The molecule has 0 saturated heterocycles. The van der Waals surface area contributed by atoms with E-state index in [1.807, 2.05) is 0 Å². The van der Waals surface area contributed by atoms with Crippen LogP contribution in [0.15, 0.2) is 15.7 Å². The lowest BCUT2D eigenvalue weighted by Gasteiger charge is -2.22. The van der Waals surface area contributed by atoms with E-state index in [0.29, 0.717) is 5.69 Å². The molecule has 1 aromatic rings. The molecule has 4 N–H and O–H groups in total. The van der Waals surface area contributed by atoms with Crippen molar-refractivity contribution in [2.24, 2.45) is 0 Å². The lowest BCUT2D eigenvalue weighted by molar-refractivity contribution is -0.118. The Morgan fingerprint density at radius 3 is 2.53 bits per heavy atom. The molecule has 7 heteroatoms. The number of nitrogens with one attached hydrogen (secondary N) is 3. The van der Waals surface area contributed by atoms with Crippen LogP contribution in [0.25, 0.3) is 6.08 Å². The lowest BCUT2D eigenvalue weighted by atomic mass is 10.1. The Bertz CT molecular complexity index is 610. The highest BCUT2D eigenvalue weighted by Crippen LogP contribution is 2.01. The van der Waals surface area contributed by atoms with Crippen molar-refractivity contribution in [3.05, 3.63) is 38.2 Å². The van der Waals surface area contributed by atoms with E-state index < -0.39 is 22.7 Å². The first-order chi connectivity index (χ1) is 8.75. The van der Waals surface area contributed by atoms with Gasteiger partial charge >= 0.3 is 5.69 Å². The summed E-state index contributed by atoms with van der Waals surface area (Å²) in [5.74, 6) is -0.441. The normalized spacial score (nSPS) is 11.8. The summed E-state index contributed by atoms with van der Waals surface area (Å²) >= 11 is 0. The minimum atomic E-state index is -0.742. The van der Waals surface area contributed by atoms with Crippen molar-refractivity contribution in [2.45, 2.75) is 26.3 Å². The molecule has 0 fully saturated rings. The molecule has 7 nitrogen and oxygen atoms in total. The number of hydrogen-bond acceptors (Lipinski definition) is 4. The second-order valence-electron chi connectivity index (χ2n) is 4.81. The van der Waals surface area contributed by atoms with E-state index >= 15 is 0 Å². The molecule has 0 atom stereocenters. The van der Waals surface area contributed by atoms with Gasteiger partial charge in [-0.25, -0.2) is 4.79 Å². The SMILES string of the molecule is Cc1[nH]c(=O)[nH]c(=O)c1C=CC(=O)NC(C)(C)CO. The van der Waals surface area contributed by atoms with Gasteiger partial charge < -0.3 is 15.4 Å². The fourth-order valence-corrected chi connectivity index (χ4v) is 1.38. The van der Waals surface area contributed by atoms with Crippen molar-refractivity contribution >= 4 is 12.0 Å². The summed E-state index contributed by atoms with van der Waals surface area (Å²) in [4.78, 5) is 38.6. The highest BCUT2D eigenvalue weighted by molar-refractivity contribution is 5.92. The lowest BCUT2D eigenvalue weighted by Crippen LogP contribution is -2.45. The Labute approximate surface area is 109 Å². The molecule has 0 bridgehead atoms. The van der Waals surface area contributed by atoms with Gasteiger partial charge in [0.05, 0.1) is 17.7 Å². The molecular formula is C12H17N3O4. The second kappa shape index (κ2) is 5.66. The zero-order chi connectivity index (χ0) is 14.6. The Morgan fingerprint density at radius 2 is 2.00 bits per heavy atom. The van der Waals surface area contributed by atoms with E-state index in [0.717, 1.165) is 0 Å². The third-order valence-corrected chi connectivity index (χ3v) is 2.43. The third kappa shape index (κ3) is 4.22. The summed E-state index contributed by atoms with van der Waals surface area (Å²) in [7, 11) is 0. The maximum absolute atomic E-state index is 11.6. The molecule has 0 aromatic carbocycles. The maximum Gasteiger partial charge on any atom is 0.325 e. The largest absolute Gasteiger partial charge is 0.394 e. The average Bonchev–Trinajstić information content (AvgIpc) is 2.26. The maximum atomic E-state index is 11.6. The Morgan fingerprint density at radius 1 is 1.37 bits per heavy atom. The molecule has 1 heterocycles. The van der Waals surface area contributed by atoms with Crippen LogP contribution >= 0.6 is 0 Å². The predicted octanol–water partition coefficient (Wildman–Crippen LogP) is -0.728. The smallest absolute Gasteiger partial charge is 0.325 e. The Hall–Kier alpha value is -2.15. The van der Waals surface area contributed by atoms with Gasteiger partial charge in [0.25, 0.3) is 5.56 Å². The van der Waals surface area contributed by atoms with Crippen molar-refractivity contribution < 1.29 is 9.90 Å². The summed E-state index contributed by atoms with van der Waals surface area (Å²) in [5, 5.41) is 11.6. The van der Waals surface area contributed by atoms with Crippen molar-refractivity contribution in [1.82, 2.24) is 15.3 Å². The Kier molecular flexibility index (Phi) is 4.44. The zero-order valence-electron chi connectivity index (χ0n) is 11.0. The molecule has 19 heavy (non-hydrogen) atoms. The van der Waals surface area contributed by atoms with Gasteiger partial charge in [0.1, 0.15) is 0 Å². The number of aliphatic hydroxyl groups is 1. The molecule has 1 amide bonds. The van der Waals surface area contributed by atoms with Crippen molar-refractivity contribution in [2.75, 3.05) is 6.61 Å². The van der Waals surface area contributed by atoms with Gasteiger partial charge in [-0.15, -0.1) is 0 Å². The minimum absolute atomic E-state index is 0.204. The number of hydrogen-bond donors (Lipinski definition) is 4. The summed E-state index contributed by atoms with van der Waals surface area (Å²) in [6.45, 7) is 4.68. The van der Waals surface area contributed by atoms with Crippen LogP contribution in [0.4, 0.5) is 0 Å². The molecule has 0 aliphatic carbocycles. The molecule has 1 rings (SSSR count). The first kappa shape index (κ1) is 14.9. The number of aliphatic hydroxyl groups excluding tert-OH is 1. The van der Waals surface area contributed by atoms with Crippen LogP contribution in [0.1, 0.15) is 25.1 Å². The van der Waals surface area contributed by atoms with Crippen LogP contribution in [0.2, 0.25) is 0 Å². The van der Waals surface area contributed by atoms with Crippen LogP contribution in [-0.2, 0) is 4.79 Å². The van der Waals surface area contributed by atoms with Crippen LogP contribution in [-0.4, -0.2) is 33.1 Å². The standard InChI is InChI=1S/C12H17N3O4/c1-7-8(10(18)14-11(19)13-7)4-5-9(17)15-12(2,3)6-16/h4-5,16H,6H2,1-3H3,(H,15,17)(H2,13,14,18,19). The average molecular weight is 267 g/mol. The van der Waals surface area contributed by atoms with E-state index in [-0.39, 0.29) is 12.2 Å². The van der Waals surface area contributed by atoms with Crippen LogP contribution in [0, 0.1) is 6.92 Å². The van der Waals surface area contributed by atoms with Gasteiger partial charge in [0, 0.05) is 11.8 Å². The number of rotatable bonds is 4. The van der Waals surface area contributed by atoms with E-state index in [1.165, 1.54) is 12.2 Å². The molecule has 1 aromatic heterocycles. The first-order valence-corrected chi connectivity index (χ1v) is 5.69. The van der Waals surface area contributed by atoms with Gasteiger partial charge in [0.2, 0.25) is 5.91 Å². The summed E-state index contributed by atoms with van der Waals surface area (Å²) < 4.78 is 0. The monoisotopic (exact) mass is 267 g/mol. The van der Waals surface area contributed by atoms with Gasteiger partial charge in [-0.05, 0) is 26.8 Å². The molecule has 0 spiro atoms. The second-order valence-corrected chi connectivity index (χ2v) is 4.81. The molecule has 104 valence electrons. The number of carbonyl (C=O) groups excluding carboxylic acids is 1. The molecule has 0 aliphatic rings. The van der Waals surface area contributed by atoms with E-state index in [1.54, 1.807) is 20.8 Å². The van der Waals surface area contributed by atoms with Crippen molar-refractivity contribution in [1.29, 1.82) is 0 Å².